The third kappa shape index (κ3) is 4.81. The summed E-state index contributed by atoms with van der Waals surface area (Å²) in [5, 5.41) is 8.79. The maximum Gasteiger partial charge on any atom is 0.306 e. The van der Waals surface area contributed by atoms with Gasteiger partial charge < -0.3 is 9.84 Å². The molecule has 1 aliphatic rings. The summed E-state index contributed by atoms with van der Waals surface area (Å²) in [6.07, 6.45) is 8.57. The van der Waals surface area contributed by atoms with Crippen LogP contribution in [0.5, 0.6) is 0 Å². The van der Waals surface area contributed by atoms with E-state index in [1.807, 2.05) is 6.08 Å². The molecule has 1 heterocycles. The number of hydrogen-bond acceptors (Lipinski definition) is 2. The van der Waals surface area contributed by atoms with E-state index < -0.39 is 5.97 Å². The topological polar surface area (TPSA) is 46.5 Å². The van der Waals surface area contributed by atoms with Crippen molar-refractivity contribution in [2.24, 2.45) is 11.8 Å². The summed E-state index contributed by atoms with van der Waals surface area (Å²) in [6.45, 7) is 7.77. The highest BCUT2D eigenvalue weighted by Crippen LogP contribution is 2.31. The first kappa shape index (κ1) is 15.2. The molecule has 1 saturated heterocycles. The Labute approximate surface area is 110 Å². The van der Waals surface area contributed by atoms with Crippen molar-refractivity contribution >= 4 is 5.97 Å². The SMILES string of the molecule is C=CC[C@H]1C[C@H](C)[C@H](CCCC[C@@H](C)C(=O)O)O1. The highest BCUT2D eigenvalue weighted by molar-refractivity contribution is 5.69. The number of hydrogen-bond donors (Lipinski definition) is 1. The summed E-state index contributed by atoms with van der Waals surface area (Å²) in [6, 6.07) is 0. The quantitative estimate of drug-likeness (QED) is 0.531. The van der Waals surface area contributed by atoms with Crippen molar-refractivity contribution in [3.63, 3.8) is 0 Å². The minimum Gasteiger partial charge on any atom is -0.481 e. The van der Waals surface area contributed by atoms with Gasteiger partial charge in [0.1, 0.15) is 0 Å². The van der Waals surface area contributed by atoms with E-state index in [2.05, 4.69) is 13.5 Å². The van der Waals surface area contributed by atoms with Gasteiger partial charge in [-0.25, -0.2) is 0 Å². The number of aliphatic carboxylic acids is 1. The van der Waals surface area contributed by atoms with Gasteiger partial charge in [0.25, 0.3) is 0 Å². The molecule has 1 aliphatic heterocycles. The molecule has 0 radical (unpaired) electrons. The van der Waals surface area contributed by atoms with Gasteiger partial charge in [0.15, 0.2) is 0 Å². The standard InChI is InChI=1S/C15H26O3/c1-4-7-13-10-12(3)14(18-13)9-6-5-8-11(2)15(16)17/h4,11-14H,1,5-10H2,2-3H3,(H,16,17)/t11-,12+,13+,14+/m1/s1. The molecule has 0 aromatic rings. The number of ether oxygens (including phenoxy) is 1. The Hall–Kier alpha value is -0.830. The van der Waals surface area contributed by atoms with Gasteiger partial charge in [-0.2, -0.15) is 0 Å². The van der Waals surface area contributed by atoms with Crippen molar-refractivity contribution < 1.29 is 14.6 Å². The number of carbonyl (C=O) groups is 1. The second kappa shape index (κ2) is 7.57. The molecule has 1 fully saturated rings. The van der Waals surface area contributed by atoms with Gasteiger partial charge in [0.2, 0.25) is 0 Å². The molecule has 3 nitrogen and oxygen atoms in total. The lowest BCUT2D eigenvalue weighted by Gasteiger charge is -2.15. The maximum atomic E-state index is 10.7. The molecular formula is C15H26O3. The molecule has 3 heteroatoms. The smallest absolute Gasteiger partial charge is 0.306 e. The Morgan fingerprint density at radius 3 is 2.89 bits per heavy atom. The van der Waals surface area contributed by atoms with Gasteiger partial charge >= 0.3 is 5.97 Å². The van der Waals surface area contributed by atoms with Crippen LogP contribution >= 0.6 is 0 Å². The summed E-state index contributed by atoms with van der Waals surface area (Å²) in [4.78, 5) is 10.7. The van der Waals surface area contributed by atoms with Gasteiger partial charge in [-0.3, -0.25) is 4.79 Å². The van der Waals surface area contributed by atoms with E-state index in [4.69, 9.17) is 9.84 Å². The molecule has 0 amide bonds. The van der Waals surface area contributed by atoms with Crippen molar-refractivity contribution in [1.29, 1.82) is 0 Å². The fourth-order valence-electron chi connectivity index (χ4n) is 2.61. The lowest BCUT2D eigenvalue weighted by molar-refractivity contribution is -0.141. The van der Waals surface area contributed by atoms with Gasteiger partial charge in [-0.05, 0) is 31.6 Å². The summed E-state index contributed by atoms with van der Waals surface area (Å²) in [5.74, 6) is -0.293. The second-order valence-corrected chi connectivity index (χ2v) is 5.56. The van der Waals surface area contributed by atoms with Crippen LogP contribution in [0.15, 0.2) is 12.7 Å². The van der Waals surface area contributed by atoms with Crippen molar-refractivity contribution in [3.05, 3.63) is 12.7 Å². The van der Waals surface area contributed by atoms with Crippen LogP contribution < -0.4 is 0 Å². The van der Waals surface area contributed by atoms with Crippen LogP contribution in [-0.2, 0) is 9.53 Å². The van der Waals surface area contributed by atoms with E-state index in [1.54, 1.807) is 6.92 Å². The van der Waals surface area contributed by atoms with E-state index in [1.165, 1.54) is 0 Å². The first-order chi connectivity index (χ1) is 8.54. The highest BCUT2D eigenvalue weighted by atomic mass is 16.5. The predicted molar refractivity (Wildman–Crippen MR) is 72.5 cm³/mol. The molecule has 0 saturated carbocycles. The molecule has 1 rings (SSSR count). The number of unbranched alkanes of at least 4 members (excludes halogenated alkanes) is 1. The summed E-state index contributed by atoms with van der Waals surface area (Å²) in [5.41, 5.74) is 0. The van der Waals surface area contributed by atoms with E-state index in [9.17, 15) is 4.79 Å². The molecule has 18 heavy (non-hydrogen) atoms. The van der Waals surface area contributed by atoms with Crippen molar-refractivity contribution in [2.75, 3.05) is 0 Å². The molecular weight excluding hydrogens is 228 g/mol. The molecule has 0 spiro atoms. The third-order valence-corrected chi connectivity index (χ3v) is 3.86. The maximum absolute atomic E-state index is 10.7. The molecule has 104 valence electrons. The van der Waals surface area contributed by atoms with Crippen molar-refractivity contribution in [2.45, 2.75) is 64.6 Å². The summed E-state index contributed by atoms with van der Waals surface area (Å²) >= 11 is 0. The zero-order valence-corrected chi connectivity index (χ0v) is 11.6. The average molecular weight is 254 g/mol. The number of carboxylic acid groups (broad SMARTS) is 1. The van der Waals surface area contributed by atoms with Gasteiger partial charge in [-0.15, -0.1) is 6.58 Å². The van der Waals surface area contributed by atoms with Crippen LogP contribution in [0.2, 0.25) is 0 Å². The van der Waals surface area contributed by atoms with E-state index in [0.717, 1.165) is 38.5 Å². The second-order valence-electron chi connectivity index (χ2n) is 5.56. The molecule has 0 bridgehead atoms. The monoisotopic (exact) mass is 254 g/mol. The Morgan fingerprint density at radius 2 is 2.28 bits per heavy atom. The Morgan fingerprint density at radius 1 is 1.56 bits per heavy atom. The lowest BCUT2D eigenvalue weighted by Crippen LogP contribution is -2.14. The van der Waals surface area contributed by atoms with Crippen LogP contribution in [0.25, 0.3) is 0 Å². The molecule has 4 atom stereocenters. The van der Waals surface area contributed by atoms with Crippen molar-refractivity contribution in [3.8, 4) is 0 Å². The predicted octanol–water partition coefficient (Wildman–Crippen LogP) is 3.64. The fraction of sp³-hybridized carbons (Fsp3) is 0.800. The van der Waals surface area contributed by atoms with Crippen molar-refractivity contribution in [1.82, 2.24) is 0 Å². The molecule has 1 N–H and O–H groups in total. The van der Waals surface area contributed by atoms with E-state index in [-0.39, 0.29) is 5.92 Å². The van der Waals surface area contributed by atoms with Gasteiger partial charge in [0.05, 0.1) is 18.1 Å². The van der Waals surface area contributed by atoms with Crippen LogP contribution in [0.3, 0.4) is 0 Å². The van der Waals surface area contributed by atoms with Crippen LogP contribution in [0.4, 0.5) is 0 Å². The van der Waals surface area contributed by atoms with Crippen LogP contribution in [0.1, 0.15) is 52.4 Å². The molecule has 0 aromatic carbocycles. The van der Waals surface area contributed by atoms with E-state index in [0.29, 0.717) is 18.1 Å². The Kier molecular flexibility index (Phi) is 6.41. The molecule has 0 unspecified atom stereocenters. The van der Waals surface area contributed by atoms with E-state index >= 15 is 0 Å². The first-order valence-electron chi connectivity index (χ1n) is 7.03. The zero-order chi connectivity index (χ0) is 13.5. The van der Waals surface area contributed by atoms with Gasteiger partial charge in [0, 0.05) is 0 Å². The average Bonchev–Trinajstić information content (AvgIpc) is 2.65. The number of carboxylic acids is 1. The highest BCUT2D eigenvalue weighted by Gasteiger charge is 2.30. The largest absolute Gasteiger partial charge is 0.481 e. The molecule has 0 aliphatic carbocycles. The Balaban J connectivity index is 2.16. The third-order valence-electron chi connectivity index (χ3n) is 3.86. The van der Waals surface area contributed by atoms with Crippen LogP contribution in [0, 0.1) is 11.8 Å². The minimum absolute atomic E-state index is 0.222. The Bertz CT molecular complexity index is 275. The lowest BCUT2D eigenvalue weighted by atomic mass is 9.95. The van der Waals surface area contributed by atoms with Gasteiger partial charge in [-0.1, -0.05) is 32.8 Å². The van der Waals surface area contributed by atoms with Crippen LogP contribution in [-0.4, -0.2) is 23.3 Å². The summed E-state index contributed by atoms with van der Waals surface area (Å²) in [7, 11) is 0. The normalized spacial score (nSPS) is 29.1. The number of rotatable bonds is 8. The minimum atomic E-state index is -0.688. The summed E-state index contributed by atoms with van der Waals surface area (Å²) < 4.78 is 5.98. The molecule has 0 aromatic heterocycles. The fourth-order valence-corrected chi connectivity index (χ4v) is 2.61. The zero-order valence-electron chi connectivity index (χ0n) is 11.6. The first-order valence-corrected chi connectivity index (χ1v) is 7.03.